The number of pyridine rings is 1. The number of amides is 1. The average Bonchev–Trinajstić information content (AvgIpc) is 3.07. The Morgan fingerprint density at radius 3 is 2.67 bits per heavy atom. The highest BCUT2D eigenvalue weighted by Crippen LogP contribution is 2.36. The monoisotopic (exact) mass is 445 g/mol. The maximum atomic E-state index is 13.6. The molecule has 174 valence electrons. The molecule has 2 aromatic heterocycles. The smallest absolute Gasteiger partial charge is 0.240 e. The minimum absolute atomic E-state index is 0.169. The first kappa shape index (κ1) is 22.1. The second-order valence-corrected chi connectivity index (χ2v) is 10.1. The van der Waals surface area contributed by atoms with Crippen molar-refractivity contribution in [3.05, 3.63) is 65.6 Å². The van der Waals surface area contributed by atoms with E-state index in [-0.39, 0.29) is 18.0 Å². The summed E-state index contributed by atoms with van der Waals surface area (Å²) in [6.07, 6.45) is 5.84. The van der Waals surface area contributed by atoms with Gasteiger partial charge in [-0.25, -0.2) is 0 Å². The van der Waals surface area contributed by atoms with Crippen molar-refractivity contribution < 1.29 is 4.79 Å². The van der Waals surface area contributed by atoms with Crippen molar-refractivity contribution in [2.24, 2.45) is 5.92 Å². The van der Waals surface area contributed by atoms with E-state index in [4.69, 9.17) is 0 Å². The van der Waals surface area contributed by atoms with E-state index in [2.05, 4.69) is 76.0 Å². The first-order chi connectivity index (χ1) is 16.0. The van der Waals surface area contributed by atoms with Gasteiger partial charge in [-0.3, -0.25) is 15.1 Å². The van der Waals surface area contributed by atoms with Gasteiger partial charge in [0.25, 0.3) is 0 Å². The van der Waals surface area contributed by atoms with Crippen LogP contribution in [0.25, 0.3) is 10.9 Å². The summed E-state index contributed by atoms with van der Waals surface area (Å²) in [5.41, 5.74) is 4.87. The second-order valence-electron chi connectivity index (χ2n) is 10.1. The normalized spacial score (nSPS) is 21.5. The number of hydrogen-bond donors (Lipinski definition) is 1. The van der Waals surface area contributed by atoms with E-state index in [1.807, 2.05) is 18.3 Å². The molecule has 3 aromatic rings. The number of likely N-dealkylation sites (N-methyl/N-ethyl adjacent to an activating group) is 1. The fraction of sp³-hybridized carbons (Fsp3) is 0.481. The van der Waals surface area contributed by atoms with Gasteiger partial charge < -0.3 is 14.4 Å². The van der Waals surface area contributed by atoms with Gasteiger partial charge >= 0.3 is 0 Å². The number of nitrogens with zero attached hydrogens (tertiary/aromatic N) is 4. The van der Waals surface area contributed by atoms with Crippen LogP contribution >= 0.6 is 0 Å². The molecule has 1 amide bonds. The molecule has 0 unspecified atom stereocenters. The van der Waals surface area contributed by atoms with Gasteiger partial charge in [0, 0.05) is 55.5 Å². The minimum Gasteiger partial charge on any atom is -0.341 e. The molecule has 0 bridgehead atoms. The fourth-order valence-corrected chi connectivity index (χ4v) is 5.39. The van der Waals surface area contributed by atoms with Crippen LogP contribution < -0.4 is 5.32 Å². The lowest BCUT2D eigenvalue weighted by Gasteiger charge is -2.35. The molecular weight excluding hydrogens is 410 g/mol. The highest BCUT2D eigenvalue weighted by molar-refractivity contribution is 5.90. The molecule has 0 saturated carbocycles. The summed E-state index contributed by atoms with van der Waals surface area (Å²) in [5, 5.41) is 5.11. The number of carbonyl (C=O) groups is 1. The van der Waals surface area contributed by atoms with E-state index in [1.54, 1.807) is 0 Å². The zero-order valence-corrected chi connectivity index (χ0v) is 20.0. The van der Waals surface area contributed by atoms with E-state index in [1.165, 1.54) is 22.0 Å². The van der Waals surface area contributed by atoms with Crippen LogP contribution in [0.4, 0.5) is 0 Å². The zero-order valence-electron chi connectivity index (χ0n) is 20.0. The van der Waals surface area contributed by atoms with Gasteiger partial charge in [-0.1, -0.05) is 32.0 Å². The van der Waals surface area contributed by atoms with Gasteiger partial charge in [-0.15, -0.1) is 0 Å². The maximum Gasteiger partial charge on any atom is 0.240 e. The van der Waals surface area contributed by atoms with Crippen molar-refractivity contribution in [3.8, 4) is 0 Å². The molecule has 6 heteroatoms. The van der Waals surface area contributed by atoms with Crippen molar-refractivity contribution in [2.45, 2.75) is 45.3 Å². The molecule has 2 aliphatic rings. The summed E-state index contributed by atoms with van der Waals surface area (Å²) in [4.78, 5) is 22.5. The quantitative estimate of drug-likeness (QED) is 0.654. The largest absolute Gasteiger partial charge is 0.341 e. The highest BCUT2D eigenvalue weighted by Gasteiger charge is 2.33. The third kappa shape index (κ3) is 4.55. The minimum atomic E-state index is -0.196. The van der Waals surface area contributed by atoms with Gasteiger partial charge in [0.2, 0.25) is 5.91 Å². The second kappa shape index (κ2) is 9.27. The molecule has 1 aromatic carbocycles. The number of benzene rings is 1. The lowest BCUT2D eigenvalue weighted by Crippen LogP contribution is -2.54. The predicted molar refractivity (Wildman–Crippen MR) is 132 cm³/mol. The standard InChI is InChI=1S/C27H35N5O/c1-19(2)15-23-22-8-6-9-25-26(22)20(17-32(25)18-21-7-4-5-10-28-21)16-24(29-23)27(33)31-13-11-30(3)12-14-31/h4-10,17,19,23-24,29H,11-16,18H2,1-3H3/t23-,24-/m0/s1. The van der Waals surface area contributed by atoms with E-state index in [0.29, 0.717) is 5.92 Å². The van der Waals surface area contributed by atoms with Crippen LogP contribution in [0, 0.1) is 5.92 Å². The van der Waals surface area contributed by atoms with Gasteiger partial charge in [-0.2, -0.15) is 0 Å². The number of piperazine rings is 1. The molecule has 6 nitrogen and oxygen atoms in total. The Labute approximate surface area is 196 Å². The summed E-state index contributed by atoms with van der Waals surface area (Å²) >= 11 is 0. The Morgan fingerprint density at radius 2 is 1.94 bits per heavy atom. The zero-order chi connectivity index (χ0) is 22.9. The molecule has 0 aliphatic carbocycles. The summed E-state index contributed by atoms with van der Waals surface area (Å²) in [7, 11) is 2.13. The molecule has 2 aliphatic heterocycles. The number of carbonyl (C=O) groups excluding carboxylic acids is 1. The SMILES string of the molecule is CC(C)C[C@@H]1N[C@H](C(=O)N2CCN(C)CC2)Cc2cn(Cc3ccccn3)c3cccc1c23. The van der Waals surface area contributed by atoms with Crippen molar-refractivity contribution in [1.29, 1.82) is 0 Å². The molecule has 33 heavy (non-hydrogen) atoms. The highest BCUT2D eigenvalue weighted by atomic mass is 16.2. The van der Waals surface area contributed by atoms with Gasteiger partial charge in [0.05, 0.1) is 18.3 Å². The first-order valence-electron chi connectivity index (χ1n) is 12.2. The van der Waals surface area contributed by atoms with E-state index >= 15 is 0 Å². The van der Waals surface area contributed by atoms with Crippen LogP contribution in [0.15, 0.2) is 48.8 Å². The number of aromatic nitrogens is 2. The third-order valence-corrected chi connectivity index (χ3v) is 7.10. The molecule has 0 spiro atoms. The molecule has 1 N–H and O–H groups in total. The maximum absolute atomic E-state index is 13.6. The van der Waals surface area contributed by atoms with Crippen LogP contribution in [-0.4, -0.2) is 64.5 Å². The van der Waals surface area contributed by atoms with Crippen molar-refractivity contribution >= 4 is 16.8 Å². The molecule has 1 saturated heterocycles. The van der Waals surface area contributed by atoms with Crippen molar-refractivity contribution in [1.82, 2.24) is 24.7 Å². The summed E-state index contributed by atoms with van der Waals surface area (Å²) in [6.45, 7) is 8.77. The number of hydrogen-bond acceptors (Lipinski definition) is 4. The summed E-state index contributed by atoms with van der Waals surface area (Å²) in [5.74, 6) is 0.782. The number of rotatable bonds is 5. The van der Waals surface area contributed by atoms with E-state index in [0.717, 1.165) is 51.3 Å². The van der Waals surface area contributed by atoms with Gasteiger partial charge in [0.15, 0.2) is 0 Å². The Morgan fingerprint density at radius 1 is 1.12 bits per heavy atom. The molecule has 4 heterocycles. The topological polar surface area (TPSA) is 53.4 Å². The van der Waals surface area contributed by atoms with Crippen LogP contribution in [0.2, 0.25) is 0 Å². The average molecular weight is 446 g/mol. The predicted octanol–water partition coefficient (Wildman–Crippen LogP) is 3.46. The Hall–Kier alpha value is -2.70. The van der Waals surface area contributed by atoms with Crippen LogP contribution in [0.3, 0.4) is 0 Å². The van der Waals surface area contributed by atoms with Crippen LogP contribution in [0.5, 0.6) is 0 Å². The molecule has 5 rings (SSSR count). The number of nitrogens with one attached hydrogen (secondary N) is 1. The Bertz CT molecular complexity index is 1110. The van der Waals surface area contributed by atoms with Gasteiger partial charge in [0.1, 0.15) is 0 Å². The fourth-order valence-electron chi connectivity index (χ4n) is 5.39. The molecule has 2 atom stereocenters. The molecular formula is C27H35N5O. The third-order valence-electron chi connectivity index (χ3n) is 7.10. The summed E-state index contributed by atoms with van der Waals surface area (Å²) < 4.78 is 2.31. The Kier molecular flexibility index (Phi) is 6.21. The lowest BCUT2D eigenvalue weighted by molar-refractivity contribution is -0.135. The lowest BCUT2D eigenvalue weighted by atomic mass is 9.94. The van der Waals surface area contributed by atoms with Crippen molar-refractivity contribution in [2.75, 3.05) is 33.2 Å². The van der Waals surface area contributed by atoms with Crippen molar-refractivity contribution in [3.63, 3.8) is 0 Å². The molecule has 1 fully saturated rings. The first-order valence-corrected chi connectivity index (χ1v) is 12.2. The van der Waals surface area contributed by atoms with E-state index < -0.39 is 0 Å². The summed E-state index contributed by atoms with van der Waals surface area (Å²) in [6, 6.07) is 12.7. The Balaban J connectivity index is 1.52. The molecule has 0 radical (unpaired) electrons. The van der Waals surface area contributed by atoms with E-state index in [9.17, 15) is 4.79 Å². The van der Waals surface area contributed by atoms with Crippen LogP contribution in [-0.2, 0) is 17.8 Å². The van der Waals surface area contributed by atoms with Crippen LogP contribution in [0.1, 0.15) is 43.1 Å². The van der Waals surface area contributed by atoms with Gasteiger partial charge in [-0.05, 0) is 55.1 Å².